The van der Waals surface area contributed by atoms with Crippen molar-refractivity contribution in [2.75, 3.05) is 21.1 Å². The smallest absolute Gasteiger partial charge is 0.212 e. The van der Waals surface area contributed by atoms with Crippen molar-refractivity contribution in [3.8, 4) is 18.0 Å². The topological polar surface area (TPSA) is 95.9 Å². The molecule has 24 heavy (non-hydrogen) atoms. The average molecular weight is 327 g/mol. The minimum atomic E-state index is -0.882. The number of rotatable bonds is 1. The van der Waals surface area contributed by atoms with Crippen molar-refractivity contribution in [1.29, 1.82) is 10.5 Å². The number of ether oxygens (including phenoxy) is 1. The first-order valence-corrected chi connectivity index (χ1v) is 7.51. The molecule has 7 heteroatoms. The van der Waals surface area contributed by atoms with Crippen molar-refractivity contribution in [3.05, 3.63) is 29.3 Å². The molecule has 0 aromatic heterocycles. The predicted octanol–water partition coefficient (Wildman–Crippen LogP) is 1.46. The van der Waals surface area contributed by atoms with Crippen LogP contribution in [0.1, 0.15) is 31.0 Å². The molecule has 1 heterocycles. The minimum absolute atomic E-state index is 0.410. The lowest BCUT2D eigenvalue weighted by atomic mass is 9.85. The summed E-state index contributed by atoms with van der Waals surface area (Å²) in [5.74, 6) is 1.02. The summed E-state index contributed by atoms with van der Waals surface area (Å²) in [6, 6.07) is 6.71. The van der Waals surface area contributed by atoms with Gasteiger partial charge in [0.25, 0.3) is 0 Å². The number of hydrogen-bond acceptors (Lipinski definition) is 5. The molecule has 0 amide bonds. The van der Waals surface area contributed by atoms with Crippen LogP contribution in [0.15, 0.2) is 23.2 Å². The number of benzene rings is 1. The maximum absolute atomic E-state index is 10.9. The molecule has 1 aromatic carbocycles. The fraction of sp³-hybridized carbons (Fsp3) is 0.471. The molecule has 1 aliphatic heterocycles. The van der Waals surface area contributed by atoms with Crippen molar-refractivity contribution in [3.63, 3.8) is 0 Å². The van der Waals surface area contributed by atoms with Crippen molar-refractivity contribution < 1.29 is 9.84 Å². The molecule has 0 radical (unpaired) electrons. The van der Waals surface area contributed by atoms with Crippen LogP contribution in [-0.2, 0) is 0 Å². The molecule has 0 saturated heterocycles. The maximum atomic E-state index is 10.9. The van der Waals surface area contributed by atoms with Crippen LogP contribution in [0.2, 0.25) is 0 Å². The lowest BCUT2D eigenvalue weighted by molar-refractivity contribution is -0.0796. The molecule has 0 saturated carbocycles. The molecular weight excluding hydrogens is 306 g/mol. The Morgan fingerprint density at radius 3 is 2.50 bits per heavy atom. The molecule has 7 nitrogen and oxygen atoms in total. The van der Waals surface area contributed by atoms with E-state index >= 15 is 0 Å². The summed E-state index contributed by atoms with van der Waals surface area (Å²) in [7, 11) is 5.31. The van der Waals surface area contributed by atoms with Crippen LogP contribution in [0.25, 0.3) is 0 Å². The third-order valence-electron chi connectivity index (χ3n) is 4.12. The van der Waals surface area contributed by atoms with Gasteiger partial charge in [0.15, 0.2) is 0 Å². The first-order chi connectivity index (χ1) is 11.2. The number of aliphatic imine (C=N–C) groups is 1. The number of nitrogens with zero attached hydrogens (tertiary/aromatic N) is 5. The highest BCUT2D eigenvalue weighted by Crippen LogP contribution is 2.43. The Morgan fingerprint density at radius 1 is 1.29 bits per heavy atom. The third kappa shape index (κ3) is 2.99. The quantitative estimate of drug-likeness (QED) is 0.476. The summed E-state index contributed by atoms with van der Waals surface area (Å²) in [6.45, 7) is 3.60. The van der Waals surface area contributed by atoms with E-state index in [1.165, 1.54) is 0 Å². The molecule has 0 fully saturated rings. The maximum Gasteiger partial charge on any atom is 0.212 e. The van der Waals surface area contributed by atoms with Gasteiger partial charge in [-0.05, 0) is 32.0 Å². The van der Waals surface area contributed by atoms with Gasteiger partial charge in [-0.2, -0.15) is 10.5 Å². The fourth-order valence-electron chi connectivity index (χ4n) is 2.92. The van der Waals surface area contributed by atoms with Gasteiger partial charge in [-0.25, -0.2) is 0 Å². The minimum Gasteiger partial charge on any atom is -0.485 e. The second-order valence-corrected chi connectivity index (χ2v) is 6.48. The Labute approximate surface area is 142 Å². The molecule has 0 aliphatic carbocycles. The zero-order chi connectivity index (χ0) is 18.1. The second-order valence-electron chi connectivity index (χ2n) is 6.48. The van der Waals surface area contributed by atoms with Crippen molar-refractivity contribution in [2.45, 2.75) is 31.6 Å². The molecule has 0 unspecified atom stereocenters. The Hall–Kier alpha value is -2.77. The zero-order valence-electron chi connectivity index (χ0n) is 14.5. The van der Waals surface area contributed by atoms with Gasteiger partial charge >= 0.3 is 0 Å². The number of guanidine groups is 1. The molecule has 1 aliphatic rings. The number of nitriles is 2. The molecule has 1 N–H and O–H groups in total. The van der Waals surface area contributed by atoms with Gasteiger partial charge in [0.1, 0.15) is 17.5 Å². The highest BCUT2D eigenvalue weighted by Gasteiger charge is 2.45. The van der Waals surface area contributed by atoms with Crippen LogP contribution in [0.3, 0.4) is 0 Å². The Bertz CT molecular complexity index is 742. The van der Waals surface area contributed by atoms with Gasteiger partial charge in [0.05, 0.1) is 17.7 Å². The largest absolute Gasteiger partial charge is 0.485 e. The standard InChI is InChI=1S/C17H21N5O2/c1-17(2)15(23)14(22(5)16(20-10-19)21(3)4)12-8-11(9-18)6-7-13(12)24-17/h6-8,14-15,23H,1-5H3/t14-,15+/m1/s1. The van der Waals surface area contributed by atoms with Gasteiger partial charge < -0.3 is 19.6 Å². The van der Waals surface area contributed by atoms with E-state index in [4.69, 9.17) is 10.00 Å². The molecule has 126 valence electrons. The number of fused-ring (bicyclic) bond motifs is 1. The van der Waals surface area contributed by atoms with E-state index in [0.29, 0.717) is 22.8 Å². The SMILES string of the molecule is CN(C)C(=NC#N)N(C)[C@@H]1c2cc(C#N)ccc2OC(C)(C)[C@H]1O. The van der Waals surface area contributed by atoms with E-state index in [-0.39, 0.29) is 0 Å². The number of aliphatic hydroxyl groups excluding tert-OH is 1. The lowest BCUT2D eigenvalue weighted by Crippen LogP contribution is -2.55. The summed E-state index contributed by atoms with van der Waals surface area (Å²) >= 11 is 0. The summed E-state index contributed by atoms with van der Waals surface area (Å²) in [5, 5.41) is 29.0. The summed E-state index contributed by atoms with van der Waals surface area (Å²) in [5.41, 5.74) is 0.339. The number of aliphatic hydroxyl groups is 1. The van der Waals surface area contributed by atoms with E-state index in [1.807, 2.05) is 0 Å². The van der Waals surface area contributed by atoms with E-state index in [0.717, 1.165) is 0 Å². The third-order valence-corrected chi connectivity index (χ3v) is 4.12. The molecule has 0 bridgehead atoms. The highest BCUT2D eigenvalue weighted by atomic mass is 16.5. The van der Waals surface area contributed by atoms with E-state index in [9.17, 15) is 10.4 Å². The Kier molecular flexibility index (Phi) is 4.68. The van der Waals surface area contributed by atoms with Crippen LogP contribution in [0, 0.1) is 22.8 Å². The van der Waals surface area contributed by atoms with Gasteiger partial charge in [0, 0.05) is 26.7 Å². The summed E-state index contributed by atoms with van der Waals surface area (Å²) in [6.07, 6.45) is 0.909. The Balaban J connectivity index is 2.61. The van der Waals surface area contributed by atoms with E-state index in [2.05, 4.69) is 11.1 Å². The van der Waals surface area contributed by atoms with Crippen LogP contribution in [0.4, 0.5) is 0 Å². The van der Waals surface area contributed by atoms with Crippen LogP contribution in [-0.4, -0.2) is 53.7 Å². The lowest BCUT2D eigenvalue weighted by Gasteiger charge is -2.46. The number of likely N-dealkylation sites (N-methyl/N-ethyl adjacent to an activating group) is 1. The molecule has 1 aromatic rings. The zero-order valence-corrected chi connectivity index (χ0v) is 14.5. The van der Waals surface area contributed by atoms with E-state index in [1.54, 1.807) is 69.2 Å². The molecule has 2 atom stereocenters. The normalized spacial score (nSPS) is 21.8. The van der Waals surface area contributed by atoms with Crippen molar-refractivity contribution in [1.82, 2.24) is 9.80 Å². The predicted molar refractivity (Wildman–Crippen MR) is 89.1 cm³/mol. The van der Waals surface area contributed by atoms with Crippen molar-refractivity contribution >= 4 is 5.96 Å². The summed E-state index contributed by atoms with van der Waals surface area (Å²) in [4.78, 5) is 7.29. The Morgan fingerprint density at radius 2 is 1.96 bits per heavy atom. The van der Waals surface area contributed by atoms with Crippen molar-refractivity contribution in [2.24, 2.45) is 4.99 Å². The number of hydrogen-bond donors (Lipinski definition) is 1. The van der Waals surface area contributed by atoms with E-state index < -0.39 is 17.7 Å². The first kappa shape index (κ1) is 17.6. The molecule has 2 rings (SSSR count). The highest BCUT2D eigenvalue weighted by molar-refractivity contribution is 5.81. The molecule has 0 spiro atoms. The molecular formula is C17H21N5O2. The van der Waals surface area contributed by atoms with Gasteiger partial charge in [0.2, 0.25) is 12.2 Å². The second kappa shape index (κ2) is 6.38. The fourth-order valence-corrected chi connectivity index (χ4v) is 2.92. The van der Waals surface area contributed by atoms with Crippen LogP contribution in [0.5, 0.6) is 5.75 Å². The first-order valence-electron chi connectivity index (χ1n) is 7.51. The average Bonchev–Trinajstić information content (AvgIpc) is 2.52. The van der Waals surface area contributed by atoms with Gasteiger partial charge in [-0.3, -0.25) is 0 Å². The van der Waals surface area contributed by atoms with Gasteiger partial charge in [-0.1, -0.05) is 0 Å². The van der Waals surface area contributed by atoms with Crippen LogP contribution >= 0.6 is 0 Å². The summed E-state index contributed by atoms with van der Waals surface area (Å²) < 4.78 is 5.91. The monoisotopic (exact) mass is 327 g/mol. The van der Waals surface area contributed by atoms with Gasteiger partial charge in [-0.15, -0.1) is 4.99 Å². The van der Waals surface area contributed by atoms with Crippen LogP contribution < -0.4 is 4.74 Å².